The van der Waals surface area contributed by atoms with E-state index in [-0.39, 0.29) is 11.9 Å². The molecule has 0 saturated carbocycles. The molecule has 1 aromatic heterocycles. The Morgan fingerprint density at radius 2 is 2.30 bits per heavy atom. The molecular weight excluding hydrogens is 252 g/mol. The van der Waals surface area contributed by atoms with E-state index in [9.17, 15) is 4.79 Å². The van der Waals surface area contributed by atoms with Crippen molar-refractivity contribution in [1.29, 1.82) is 0 Å². The van der Waals surface area contributed by atoms with E-state index in [1.807, 2.05) is 35.1 Å². The fourth-order valence-electron chi connectivity index (χ4n) is 2.46. The number of carbonyl (C=O) groups is 1. The molecule has 0 saturated heterocycles. The highest BCUT2D eigenvalue weighted by atomic mass is 16.2. The van der Waals surface area contributed by atoms with Crippen LogP contribution in [0.1, 0.15) is 12.0 Å². The van der Waals surface area contributed by atoms with Gasteiger partial charge in [-0.3, -0.25) is 9.48 Å². The van der Waals surface area contributed by atoms with Gasteiger partial charge in [0.05, 0.1) is 0 Å². The summed E-state index contributed by atoms with van der Waals surface area (Å²) in [6, 6.07) is 9.82. The molecule has 1 aliphatic rings. The molecule has 0 aliphatic carbocycles. The van der Waals surface area contributed by atoms with E-state index in [4.69, 9.17) is 0 Å². The van der Waals surface area contributed by atoms with Gasteiger partial charge in [0.2, 0.25) is 5.91 Å². The van der Waals surface area contributed by atoms with Crippen LogP contribution >= 0.6 is 0 Å². The summed E-state index contributed by atoms with van der Waals surface area (Å²) in [5, 5.41) is 10.4. The van der Waals surface area contributed by atoms with Gasteiger partial charge in [-0.25, -0.2) is 0 Å². The molecule has 0 spiro atoms. The zero-order valence-electron chi connectivity index (χ0n) is 11.2. The zero-order chi connectivity index (χ0) is 13.8. The Hall–Kier alpha value is -2.30. The Morgan fingerprint density at radius 3 is 3.10 bits per heavy atom. The first-order valence-electron chi connectivity index (χ1n) is 6.92. The summed E-state index contributed by atoms with van der Waals surface area (Å²) < 4.78 is 1.87. The van der Waals surface area contributed by atoms with Gasteiger partial charge in [0.25, 0.3) is 0 Å². The number of para-hydroxylation sites is 1. The molecule has 1 amide bonds. The maximum absolute atomic E-state index is 12.1. The number of fused-ring (bicyclic) bond motifs is 1. The molecule has 0 fully saturated rings. The number of aryl methyl sites for hydroxylation is 1. The molecule has 0 unspecified atom stereocenters. The van der Waals surface area contributed by atoms with Crippen molar-refractivity contribution >= 4 is 11.6 Å². The Bertz CT molecular complexity index is 554. The Balaban J connectivity index is 1.42. The molecule has 2 N–H and O–H groups in total. The molecule has 3 rings (SSSR count). The smallest absolute Gasteiger partial charge is 0.242 e. The van der Waals surface area contributed by atoms with Crippen molar-refractivity contribution in [2.75, 3.05) is 11.9 Å². The number of hydrogen-bond donors (Lipinski definition) is 2. The predicted octanol–water partition coefficient (Wildman–Crippen LogP) is 1.43. The average molecular weight is 270 g/mol. The van der Waals surface area contributed by atoms with Gasteiger partial charge in [-0.1, -0.05) is 18.2 Å². The van der Waals surface area contributed by atoms with Crippen LogP contribution in [0.15, 0.2) is 42.7 Å². The van der Waals surface area contributed by atoms with E-state index in [2.05, 4.69) is 21.8 Å². The summed E-state index contributed by atoms with van der Waals surface area (Å²) in [5.41, 5.74) is 2.29. The second-order valence-electron chi connectivity index (χ2n) is 4.97. The Kier molecular flexibility index (Phi) is 3.67. The molecule has 1 atom stereocenters. The molecule has 1 aliphatic heterocycles. The van der Waals surface area contributed by atoms with Crippen LogP contribution in [0.25, 0.3) is 0 Å². The fraction of sp³-hybridized carbons (Fsp3) is 0.333. The first-order valence-corrected chi connectivity index (χ1v) is 6.92. The number of rotatable bonds is 5. The van der Waals surface area contributed by atoms with E-state index in [1.54, 1.807) is 6.20 Å². The number of carbonyl (C=O) groups excluding carboxylic acids is 1. The third-order valence-electron chi connectivity index (χ3n) is 3.51. The van der Waals surface area contributed by atoms with Gasteiger partial charge in [-0.15, -0.1) is 0 Å². The van der Waals surface area contributed by atoms with Crippen molar-refractivity contribution in [1.82, 2.24) is 15.1 Å². The van der Waals surface area contributed by atoms with E-state index in [1.165, 1.54) is 5.56 Å². The number of aromatic nitrogens is 2. The maximum Gasteiger partial charge on any atom is 0.242 e. The lowest BCUT2D eigenvalue weighted by molar-refractivity contribution is -0.121. The standard InChI is InChI=1S/C15H18N4O/c20-15(16-7-3-9-19-10-4-8-17-19)14-11-12-5-1-2-6-13(12)18-14/h1-2,4-6,8,10,14,18H,3,7,9,11H2,(H,16,20)/t14-/m0/s1. The summed E-state index contributed by atoms with van der Waals surface area (Å²) in [5.74, 6) is 0.0710. The molecule has 20 heavy (non-hydrogen) atoms. The molecule has 104 valence electrons. The van der Waals surface area contributed by atoms with Gasteiger partial charge in [0.15, 0.2) is 0 Å². The predicted molar refractivity (Wildman–Crippen MR) is 77.4 cm³/mol. The summed E-state index contributed by atoms with van der Waals surface area (Å²) >= 11 is 0. The van der Waals surface area contributed by atoms with Gasteiger partial charge >= 0.3 is 0 Å². The second-order valence-corrected chi connectivity index (χ2v) is 4.97. The van der Waals surface area contributed by atoms with E-state index < -0.39 is 0 Å². The summed E-state index contributed by atoms with van der Waals surface area (Å²) in [6.07, 6.45) is 5.34. The third-order valence-corrected chi connectivity index (χ3v) is 3.51. The summed E-state index contributed by atoms with van der Waals surface area (Å²) in [4.78, 5) is 12.1. The minimum atomic E-state index is -0.142. The van der Waals surface area contributed by atoms with E-state index in [0.717, 1.165) is 25.1 Å². The lowest BCUT2D eigenvalue weighted by Crippen LogP contribution is -2.39. The van der Waals surface area contributed by atoms with Crippen LogP contribution in [0, 0.1) is 0 Å². The monoisotopic (exact) mass is 270 g/mol. The number of nitrogens with one attached hydrogen (secondary N) is 2. The van der Waals surface area contributed by atoms with Crippen molar-refractivity contribution in [2.45, 2.75) is 25.4 Å². The fourth-order valence-corrected chi connectivity index (χ4v) is 2.46. The lowest BCUT2D eigenvalue weighted by Gasteiger charge is -2.11. The molecule has 0 radical (unpaired) electrons. The minimum Gasteiger partial charge on any atom is -0.373 e. The summed E-state index contributed by atoms with van der Waals surface area (Å²) in [7, 11) is 0. The third kappa shape index (κ3) is 2.82. The highest BCUT2D eigenvalue weighted by molar-refractivity contribution is 5.87. The largest absolute Gasteiger partial charge is 0.373 e. The zero-order valence-corrected chi connectivity index (χ0v) is 11.2. The topological polar surface area (TPSA) is 59.0 Å². The van der Waals surface area contributed by atoms with Crippen LogP contribution in [0.4, 0.5) is 5.69 Å². The first kappa shape index (κ1) is 12.7. The van der Waals surface area contributed by atoms with Gasteiger partial charge < -0.3 is 10.6 Å². The van der Waals surface area contributed by atoms with E-state index in [0.29, 0.717) is 6.54 Å². The van der Waals surface area contributed by atoms with Gasteiger partial charge in [-0.05, 0) is 24.1 Å². The van der Waals surface area contributed by atoms with Crippen LogP contribution < -0.4 is 10.6 Å². The molecule has 5 heteroatoms. The van der Waals surface area contributed by atoms with Crippen LogP contribution in [0.3, 0.4) is 0 Å². The average Bonchev–Trinajstić information content (AvgIpc) is 3.12. The highest BCUT2D eigenvalue weighted by Gasteiger charge is 2.25. The molecule has 1 aromatic carbocycles. The summed E-state index contributed by atoms with van der Waals surface area (Å²) in [6.45, 7) is 1.50. The highest BCUT2D eigenvalue weighted by Crippen LogP contribution is 2.24. The normalized spacial score (nSPS) is 16.5. The minimum absolute atomic E-state index is 0.0710. The lowest BCUT2D eigenvalue weighted by atomic mass is 10.1. The Morgan fingerprint density at radius 1 is 1.40 bits per heavy atom. The number of anilines is 1. The van der Waals surface area contributed by atoms with Crippen molar-refractivity contribution in [3.63, 3.8) is 0 Å². The number of hydrogen-bond acceptors (Lipinski definition) is 3. The van der Waals surface area contributed by atoms with Crippen LogP contribution in [-0.4, -0.2) is 28.3 Å². The van der Waals surface area contributed by atoms with Gasteiger partial charge in [0, 0.05) is 37.6 Å². The quantitative estimate of drug-likeness (QED) is 0.808. The molecular formula is C15H18N4O. The van der Waals surface area contributed by atoms with Crippen molar-refractivity contribution in [3.8, 4) is 0 Å². The van der Waals surface area contributed by atoms with Crippen molar-refractivity contribution in [2.24, 2.45) is 0 Å². The Labute approximate surface area is 118 Å². The SMILES string of the molecule is O=C(NCCCn1cccn1)[C@@H]1Cc2ccccc2N1. The van der Waals surface area contributed by atoms with E-state index >= 15 is 0 Å². The molecule has 2 heterocycles. The number of amides is 1. The van der Waals surface area contributed by atoms with Gasteiger partial charge in [0.1, 0.15) is 6.04 Å². The van der Waals surface area contributed by atoms with Crippen molar-refractivity contribution in [3.05, 3.63) is 48.3 Å². The molecule has 2 aromatic rings. The van der Waals surface area contributed by atoms with Crippen LogP contribution in [0.5, 0.6) is 0 Å². The van der Waals surface area contributed by atoms with Crippen molar-refractivity contribution < 1.29 is 4.79 Å². The first-order chi connectivity index (χ1) is 9.83. The second kappa shape index (κ2) is 5.77. The molecule has 5 nitrogen and oxygen atoms in total. The van der Waals surface area contributed by atoms with Gasteiger partial charge in [-0.2, -0.15) is 5.10 Å². The van der Waals surface area contributed by atoms with Crippen LogP contribution in [-0.2, 0) is 17.8 Å². The number of nitrogens with zero attached hydrogens (tertiary/aromatic N) is 2. The molecule has 0 bridgehead atoms. The van der Waals surface area contributed by atoms with Crippen LogP contribution in [0.2, 0.25) is 0 Å². The maximum atomic E-state index is 12.1. The number of benzene rings is 1.